The Balaban J connectivity index is 2.57. The highest BCUT2D eigenvalue weighted by Gasteiger charge is 1.96. The van der Waals surface area contributed by atoms with E-state index in [0.717, 1.165) is 9.14 Å². The summed E-state index contributed by atoms with van der Waals surface area (Å²) in [4.78, 5) is 0. The van der Waals surface area contributed by atoms with Crippen LogP contribution >= 0.6 is 34.2 Å². The van der Waals surface area contributed by atoms with E-state index in [-0.39, 0.29) is 0 Å². The summed E-state index contributed by atoms with van der Waals surface area (Å²) >= 11 is 7.78. The van der Waals surface area contributed by atoms with Crippen molar-refractivity contribution in [3.8, 4) is 0 Å². The molecule has 0 N–H and O–H groups in total. The van der Waals surface area contributed by atoms with Crippen molar-refractivity contribution in [1.29, 1.82) is 0 Å². The Morgan fingerprint density at radius 2 is 2.55 bits per heavy atom. The maximum atomic E-state index is 5.57. The van der Waals surface area contributed by atoms with Crippen molar-refractivity contribution in [3.63, 3.8) is 0 Å². The Hall–Kier alpha value is -0.0300. The molecular weight excluding hydrogens is 274 g/mol. The molecule has 0 saturated carbocycles. The minimum atomic E-state index is 0.496. The molecule has 4 heteroatoms. The van der Waals surface area contributed by atoms with E-state index < -0.39 is 0 Å². The quantitative estimate of drug-likeness (QED) is 0.472. The summed E-state index contributed by atoms with van der Waals surface area (Å²) < 4.78 is 2.96. The van der Waals surface area contributed by atoms with Crippen LogP contribution in [0.15, 0.2) is 24.5 Å². The van der Waals surface area contributed by atoms with Crippen LogP contribution in [-0.2, 0) is 6.54 Å². The number of halogens is 2. The lowest BCUT2D eigenvalue weighted by Gasteiger charge is -1.99. The van der Waals surface area contributed by atoms with E-state index in [2.05, 4.69) is 34.3 Å². The first-order valence-electron chi connectivity index (χ1n) is 3.13. The standard InChI is InChI=1S/C7H8ClIN2/c1-6(2-8)4-11-5-7(9)3-10-11/h3,5H,1-2,4H2. The minimum absolute atomic E-state index is 0.496. The maximum Gasteiger partial charge on any atom is 0.0628 e. The van der Waals surface area contributed by atoms with Gasteiger partial charge < -0.3 is 0 Å². The zero-order chi connectivity index (χ0) is 8.27. The lowest BCUT2D eigenvalue weighted by Crippen LogP contribution is -2.01. The van der Waals surface area contributed by atoms with Crippen LogP contribution in [0.2, 0.25) is 0 Å². The van der Waals surface area contributed by atoms with Gasteiger partial charge in [-0.3, -0.25) is 4.68 Å². The van der Waals surface area contributed by atoms with E-state index in [4.69, 9.17) is 11.6 Å². The van der Waals surface area contributed by atoms with Crippen molar-refractivity contribution >= 4 is 34.2 Å². The van der Waals surface area contributed by atoms with Gasteiger partial charge in [-0.25, -0.2) is 0 Å². The summed E-state index contributed by atoms with van der Waals surface area (Å²) in [6, 6.07) is 0. The van der Waals surface area contributed by atoms with Gasteiger partial charge in [0.1, 0.15) is 0 Å². The molecule has 0 saturated heterocycles. The zero-order valence-electron chi connectivity index (χ0n) is 5.93. The molecule has 2 nitrogen and oxygen atoms in total. The highest BCUT2D eigenvalue weighted by atomic mass is 127. The molecule has 0 atom stereocenters. The largest absolute Gasteiger partial charge is 0.268 e. The first kappa shape index (κ1) is 9.06. The molecule has 0 bridgehead atoms. The monoisotopic (exact) mass is 282 g/mol. The van der Waals surface area contributed by atoms with Crippen LogP contribution in [0.4, 0.5) is 0 Å². The van der Waals surface area contributed by atoms with Gasteiger partial charge in [0.2, 0.25) is 0 Å². The van der Waals surface area contributed by atoms with Gasteiger partial charge in [-0.1, -0.05) is 6.58 Å². The second-order valence-corrected chi connectivity index (χ2v) is 3.75. The van der Waals surface area contributed by atoms with E-state index in [1.807, 2.05) is 17.1 Å². The molecule has 0 aromatic carbocycles. The normalized spacial score (nSPS) is 10.0. The van der Waals surface area contributed by atoms with Gasteiger partial charge in [-0.15, -0.1) is 11.6 Å². The van der Waals surface area contributed by atoms with E-state index in [0.29, 0.717) is 12.4 Å². The van der Waals surface area contributed by atoms with Crippen LogP contribution in [0.1, 0.15) is 0 Å². The molecule has 0 spiro atoms. The molecule has 1 aromatic heterocycles. The van der Waals surface area contributed by atoms with Crippen molar-refractivity contribution in [3.05, 3.63) is 28.1 Å². The molecule has 1 heterocycles. The predicted molar refractivity (Wildman–Crippen MR) is 54.8 cm³/mol. The van der Waals surface area contributed by atoms with Crippen molar-refractivity contribution < 1.29 is 0 Å². The fourth-order valence-electron chi connectivity index (χ4n) is 0.696. The first-order chi connectivity index (χ1) is 5.22. The second kappa shape index (κ2) is 4.11. The van der Waals surface area contributed by atoms with Gasteiger partial charge in [0.05, 0.1) is 16.3 Å². The van der Waals surface area contributed by atoms with Crippen LogP contribution in [0.25, 0.3) is 0 Å². The third kappa shape index (κ3) is 2.83. The van der Waals surface area contributed by atoms with Crippen LogP contribution < -0.4 is 0 Å². The topological polar surface area (TPSA) is 17.8 Å². The average molecular weight is 283 g/mol. The first-order valence-corrected chi connectivity index (χ1v) is 4.74. The highest BCUT2D eigenvalue weighted by molar-refractivity contribution is 14.1. The molecule has 0 aliphatic carbocycles. The number of allylic oxidation sites excluding steroid dienone is 1. The average Bonchev–Trinajstić information content (AvgIpc) is 2.35. The fourth-order valence-corrected chi connectivity index (χ4v) is 1.23. The highest BCUT2D eigenvalue weighted by Crippen LogP contribution is 2.04. The Bertz CT molecular complexity index is 257. The lowest BCUT2D eigenvalue weighted by atomic mass is 10.3. The molecule has 1 aromatic rings. The van der Waals surface area contributed by atoms with Gasteiger partial charge >= 0.3 is 0 Å². The van der Waals surface area contributed by atoms with Crippen molar-refractivity contribution in [2.24, 2.45) is 0 Å². The van der Waals surface area contributed by atoms with Crippen molar-refractivity contribution in [1.82, 2.24) is 9.78 Å². The van der Waals surface area contributed by atoms with E-state index in [1.165, 1.54) is 0 Å². The molecule has 0 aliphatic heterocycles. The van der Waals surface area contributed by atoms with Crippen LogP contribution in [-0.4, -0.2) is 15.7 Å². The summed E-state index contributed by atoms with van der Waals surface area (Å²) in [5, 5.41) is 4.09. The molecule has 60 valence electrons. The fraction of sp³-hybridized carbons (Fsp3) is 0.286. The Kier molecular flexibility index (Phi) is 3.39. The van der Waals surface area contributed by atoms with E-state index in [9.17, 15) is 0 Å². The number of aromatic nitrogens is 2. The number of nitrogens with zero attached hydrogens (tertiary/aromatic N) is 2. The third-order valence-corrected chi connectivity index (χ3v) is 2.11. The summed E-state index contributed by atoms with van der Waals surface area (Å²) in [7, 11) is 0. The van der Waals surface area contributed by atoms with Crippen LogP contribution in [0, 0.1) is 3.57 Å². The van der Waals surface area contributed by atoms with Crippen LogP contribution in [0.3, 0.4) is 0 Å². The number of alkyl halides is 1. The molecule has 0 radical (unpaired) electrons. The van der Waals surface area contributed by atoms with Gasteiger partial charge in [0.15, 0.2) is 0 Å². The zero-order valence-corrected chi connectivity index (χ0v) is 8.84. The van der Waals surface area contributed by atoms with Gasteiger partial charge in [0, 0.05) is 12.1 Å². The SMILES string of the molecule is C=C(CCl)Cn1cc(I)cn1. The molecule has 1 rings (SSSR count). The number of hydrogen-bond donors (Lipinski definition) is 0. The Labute approximate surface area is 84.4 Å². The van der Waals surface area contributed by atoms with E-state index in [1.54, 1.807) is 0 Å². The van der Waals surface area contributed by atoms with Crippen molar-refractivity contribution in [2.75, 3.05) is 5.88 Å². The Morgan fingerprint density at radius 3 is 3.00 bits per heavy atom. The predicted octanol–water partition coefficient (Wildman–Crippen LogP) is 2.28. The second-order valence-electron chi connectivity index (χ2n) is 2.24. The van der Waals surface area contributed by atoms with Gasteiger partial charge in [-0.2, -0.15) is 5.10 Å². The summed E-state index contributed by atoms with van der Waals surface area (Å²) in [5.41, 5.74) is 0.978. The Morgan fingerprint density at radius 1 is 1.82 bits per heavy atom. The number of hydrogen-bond acceptors (Lipinski definition) is 1. The lowest BCUT2D eigenvalue weighted by molar-refractivity contribution is 0.679. The minimum Gasteiger partial charge on any atom is -0.268 e. The summed E-state index contributed by atoms with van der Waals surface area (Å²) in [6.45, 7) is 4.50. The smallest absolute Gasteiger partial charge is 0.0628 e. The molecule has 0 aliphatic rings. The molecule has 0 fully saturated rings. The third-order valence-electron chi connectivity index (χ3n) is 1.18. The van der Waals surface area contributed by atoms with Gasteiger partial charge in [0.25, 0.3) is 0 Å². The molecular formula is C7H8ClIN2. The molecule has 0 amide bonds. The maximum absolute atomic E-state index is 5.57. The summed E-state index contributed by atoms with van der Waals surface area (Å²) in [5.74, 6) is 0.496. The molecule has 11 heavy (non-hydrogen) atoms. The number of rotatable bonds is 3. The van der Waals surface area contributed by atoms with Crippen molar-refractivity contribution in [2.45, 2.75) is 6.54 Å². The molecule has 0 unspecified atom stereocenters. The van der Waals surface area contributed by atoms with E-state index >= 15 is 0 Å². The van der Waals surface area contributed by atoms with Gasteiger partial charge in [-0.05, 0) is 28.2 Å². The van der Waals surface area contributed by atoms with Crippen LogP contribution in [0.5, 0.6) is 0 Å². The summed E-state index contributed by atoms with van der Waals surface area (Å²) in [6.07, 6.45) is 3.76.